The van der Waals surface area contributed by atoms with Crippen molar-refractivity contribution in [2.45, 2.75) is 19.5 Å². The van der Waals surface area contributed by atoms with E-state index in [0.717, 1.165) is 11.5 Å². The van der Waals surface area contributed by atoms with Crippen molar-refractivity contribution in [3.63, 3.8) is 0 Å². The van der Waals surface area contributed by atoms with Crippen LogP contribution in [0.15, 0.2) is 73.3 Å². The van der Waals surface area contributed by atoms with Gasteiger partial charge in [-0.25, -0.2) is 4.98 Å². The molecule has 1 aromatic heterocycles. The van der Waals surface area contributed by atoms with Gasteiger partial charge in [-0.3, -0.25) is 10.1 Å². The van der Waals surface area contributed by atoms with Gasteiger partial charge in [-0.15, -0.1) is 0 Å². The number of para-hydroxylation sites is 1. The smallest absolute Gasteiger partial charge is 0.164 e. The fourth-order valence-corrected chi connectivity index (χ4v) is 2.48. The van der Waals surface area contributed by atoms with Crippen molar-refractivity contribution in [3.05, 3.63) is 78.9 Å². The summed E-state index contributed by atoms with van der Waals surface area (Å²) in [5.41, 5.74) is 0.692. The van der Waals surface area contributed by atoms with Crippen molar-refractivity contribution in [2.24, 2.45) is 0 Å². The third kappa shape index (κ3) is 4.78. The van der Waals surface area contributed by atoms with Crippen LogP contribution in [0.4, 0.5) is 0 Å². The third-order valence-electron chi connectivity index (χ3n) is 3.92. The topological polar surface area (TPSA) is 56.1 Å². The monoisotopic (exact) mass is 335 g/mol. The average Bonchev–Trinajstić information content (AvgIpc) is 3.18. The molecule has 0 aliphatic heterocycles. The number of Topliss-reactive ketones (excluding diaryl/α,β-unsaturated/α-hetero) is 1. The van der Waals surface area contributed by atoms with E-state index < -0.39 is 0 Å². The molecule has 0 amide bonds. The number of nitrogens with one attached hydrogen (secondary N) is 1. The van der Waals surface area contributed by atoms with E-state index in [1.54, 1.807) is 24.7 Å². The van der Waals surface area contributed by atoms with Gasteiger partial charge in [-0.1, -0.05) is 18.2 Å². The minimum Gasteiger partial charge on any atom is -0.457 e. The lowest BCUT2D eigenvalue weighted by molar-refractivity contribution is 0.0981. The zero-order valence-corrected chi connectivity index (χ0v) is 14.1. The lowest BCUT2D eigenvalue weighted by atomic mass is 10.1. The average molecular weight is 335 g/mol. The second-order valence-corrected chi connectivity index (χ2v) is 5.75. The van der Waals surface area contributed by atoms with Gasteiger partial charge >= 0.3 is 0 Å². The van der Waals surface area contributed by atoms with Crippen molar-refractivity contribution in [2.75, 3.05) is 6.54 Å². The first-order valence-electron chi connectivity index (χ1n) is 8.29. The Bertz CT molecular complexity index is 784. The molecule has 0 bridgehead atoms. The van der Waals surface area contributed by atoms with E-state index in [4.69, 9.17) is 4.74 Å². The number of aromatic nitrogens is 2. The molecular formula is C20H21N3O2. The highest BCUT2D eigenvalue weighted by molar-refractivity contribution is 5.96. The summed E-state index contributed by atoms with van der Waals surface area (Å²) in [6, 6.07) is 16.8. The molecule has 0 aliphatic rings. The van der Waals surface area contributed by atoms with E-state index in [2.05, 4.69) is 10.3 Å². The Hall–Kier alpha value is -2.92. The summed E-state index contributed by atoms with van der Waals surface area (Å²) < 4.78 is 7.69. The Labute approximate surface area is 147 Å². The Morgan fingerprint density at radius 1 is 1.12 bits per heavy atom. The molecule has 0 saturated carbocycles. The standard InChI is InChI=1S/C20H21N3O2/c1-16(23-14-13-21-15-23)22-12-11-20(24)17-7-9-19(10-8-17)25-18-5-3-2-4-6-18/h2-10,13-16,22H,11-12H2,1H3. The van der Waals surface area contributed by atoms with Gasteiger partial charge < -0.3 is 9.30 Å². The van der Waals surface area contributed by atoms with E-state index in [-0.39, 0.29) is 11.9 Å². The maximum absolute atomic E-state index is 12.3. The van der Waals surface area contributed by atoms with Gasteiger partial charge in [0, 0.05) is 30.9 Å². The predicted molar refractivity (Wildman–Crippen MR) is 96.8 cm³/mol. The minimum atomic E-state index is 0.108. The maximum Gasteiger partial charge on any atom is 0.164 e. The van der Waals surface area contributed by atoms with Gasteiger partial charge in [0.2, 0.25) is 0 Å². The Morgan fingerprint density at radius 3 is 2.52 bits per heavy atom. The summed E-state index contributed by atoms with van der Waals surface area (Å²) in [7, 11) is 0. The molecule has 0 radical (unpaired) electrons. The molecule has 5 heteroatoms. The van der Waals surface area contributed by atoms with Gasteiger partial charge in [0.25, 0.3) is 0 Å². The van der Waals surface area contributed by atoms with Gasteiger partial charge in [-0.2, -0.15) is 0 Å². The molecule has 0 saturated heterocycles. The molecule has 0 spiro atoms. The van der Waals surface area contributed by atoms with Crippen LogP contribution in [0, 0.1) is 0 Å². The number of carbonyl (C=O) groups is 1. The minimum absolute atomic E-state index is 0.108. The van der Waals surface area contributed by atoms with Crippen LogP contribution in [-0.2, 0) is 0 Å². The van der Waals surface area contributed by atoms with Gasteiger partial charge in [-0.05, 0) is 43.3 Å². The van der Waals surface area contributed by atoms with Gasteiger partial charge in [0.05, 0.1) is 12.5 Å². The number of benzene rings is 2. The summed E-state index contributed by atoms with van der Waals surface area (Å²) in [6.07, 6.45) is 5.94. The van der Waals surface area contributed by atoms with Crippen LogP contribution in [-0.4, -0.2) is 21.9 Å². The molecule has 0 aliphatic carbocycles. The molecule has 2 aromatic carbocycles. The highest BCUT2D eigenvalue weighted by Crippen LogP contribution is 2.21. The van der Waals surface area contributed by atoms with E-state index in [9.17, 15) is 4.79 Å². The quantitative estimate of drug-likeness (QED) is 0.631. The molecule has 1 unspecified atom stereocenters. The van der Waals surface area contributed by atoms with Crippen LogP contribution in [0.1, 0.15) is 29.9 Å². The molecule has 25 heavy (non-hydrogen) atoms. The SMILES string of the molecule is CC(NCCC(=O)c1ccc(Oc2ccccc2)cc1)n1ccnc1. The second kappa shape index (κ2) is 8.26. The number of hydrogen-bond donors (Lipinski definition) is 1. The maximum atomic E-state index is 12.3. The van der Waals surface area contributed by atoms with Gasteiger partial charge in [0.1, 0.15) is 11.5 Å². The summed E-state index contributed by atoms with van der Waals surface area (Å²) in [5, 5.41) is 3.31. The zero-order chi connectivity index (χ0) is 17.5. The molecule has 0 fully saturated rings. The first-order chi connectivity index (χ1) is 12.2. The zero-order valence-electron chi connectivity index (χ0n) is 14.1. The summed E-state index contributed by atoms with van der Waals surface area (Å²) >= 11 is 0. The fraction of sp³-hybridized carbons (Fsp3) is 0.200. The molecule has 3 rings (SSSR count). The van der Waals surface area contributed by atoms with Crippen LogP contribution in [0.2, 0.25) is 0 Å². The van der Waals surface area contributed by atoms with Crippen LogP contribution < -0.4 is 10.1 Å². The normalized spacial score (nSPS) is 11.9. The number of nitrogens with zero attached hydrogens (tertiary/aromatic N) is 2. The van der Waals surface area contributed by atoms with E-state index >= 15 is 0 Å². The van der Waals surface area contributed by atoms with Crippen molar-refractivity contribution >= 4 is 5.78 Å². The summed E-state index contributed by atoms with van der Waals surface area (Å²) in [5.74, 6) is 1.60. The number of ether oxygens (including phenoxy) is 1. The summed E-state index contributed by atoms with van der Waals surface area (Å²) in [4.78, 5) is 16.3. The molecule has 1 N–H and O–H groups in total. The van der Waals surface area contributed by atoms with Crippen LogP contribution in [0.25, 0.3) is 0 Å². The number of rotatable bonds is 8. The van der Waals surface area contributed by atoms with Crippen molar-refractivity contribution in [1.82, 2.24) is 14.9 Å². The summed E-state index contributed by atoms with van der Waals surface area (Å²) in [6.45, 7) is 2.64. The number of carbonyl (C=O) groups excluding carboxylic acids is 1. The Kier molecular flexibility index (Phi) is 5.59. The van der Waals surface area contributed by atoms with Crippen LogP contribution in [0.3, 0.4) is 0 Å². The Balaban J connectivity index is 1.49. The van der Waals surface area contributed by atoms with Crippen molar-refractivity contribution < 1.29 is 9.53 Å². The fourth-order valence-electron chi connectivity index (χ4n) is 2.48. The molecule has 1 atom stereocenters. The highest BCUT2D eigenvalue weighted by atomic mass is 16.5. The lowest BCUT2D eigenvalue weighted by Crippen LogP contribution is -2.25. The van der Waals surface area contributed by atoms with Crippen LogP contribution >= 0.6 is 0 Å². The number of imidazole rings is 1. The largest absolute Gasteiger partial charge is 0.457 e. The lowest BCUT2D eigenvalue weighted by Gasteiger charge is -2.14. The molecular weight excluding hydrogens is 314 g/mol. The van der Waals surface area contributed by atoms with E-state index in [1.165, 1.54) is 0 Å². The molecule has 5 nitrogen and oxygen atoms in total. The van der Waals surface area contributed by atoms with Crippen molar-refractivity contribution in [3.8, 4) is 11.5 Å². The Morgan fingerprint density at radius 2 is 1.84 bits per heavy atom. The molecule has 1 heterocycles. The van der Waals surface area contributed by atoms with Crippen LogP contribution in [0.5, 0.6) is 11.5 Å². The van der Waals surface area contributed by atoms with Crippen molar-refractivity contribution in [1.29, 1.82) is 0 Å². The molecule has 128 valence electrons. The van der Waals surface area contributed by atoms with E-state index in [1.807, 2.05) is 60.2 Å². The van der Waals surface area contributed by atoms with Gasteiger partial charge in [0.15, 0.2) is 5.78 Å². The second-order valence-electron chi connectivity index (χ2n) is 5.75. The first-order valence-corrected chi connectivity index (χ1v) is 8.29. The van der Waals surface area contributed by atoms with E-state index in [0.29, 0.717) is 18.5 Å². The predicted octanol–water partition coefficient (Wildman–Crippen LogP) is 4.06. The first kappa shape index (κ1) is 16.9. The number of hydrogen-bond acceptors (Lipinski definition) is 4. The molecule has 3 aromatic rings. The number of ketones is 1. The highest BCUT2D eigenvalue weighted by Gasteiger charge is 2.08. The third-order valence-corrected chi connectivity index (χ3v) is 3.92.